The third-order valence-corrected chi connectivity index (χ3v) is 3.47. The molecule has 3 heteroatoms. The Labute approximate surface area is 115 Å². The molecule has 1 amide bonds. The van der Waals surface area contributed by atoms with E-state index < -0.39 is 0 Å². The minimum absolute atomic E-state index is 0.0598. The maximum absolute atomic E-state index is 11.8. The minimum atomic E-state index is -0.162. The molecule has 0 saturated heterocycles. The van der Waals surface area contributed by atoms with Gasteiger partial charge in [-0.1, -0.05) is 24.3 Å². The van der Waals surface area contributed by atoms with Crippen molar-refractivity contribution in [3.63, 3.8) is 0 Å². The van der Waals surface area contributed by atoms with Crippen molar-refractivity contribution >= 4 is 5.91 Å². The third kappa shape index (κ3) is 4.35. The number of carbonyl (C=O) groups is 1. The van der Waals surface area contributed by atoms with Crippen LogP contribution < -0.4 is 10.6 Å². The lowest BCUT2D eigenvalue weighted by molar-refractivity contribution is -0.123. The fourth-order valence-corrected chi connectivity index (χ4v) is 2.10. The molecule has 0 bridgehead atoms. The number of hydrogen-bond donors (Lipinski definition) is 2. The van der Waals surface area contributed by atoms with E-state index in [9.17, 15) is 4.79 Å². The molecule has 1 atom stereocenters. The fourth-order valence-electron chi connectivity index (χ4n) is 2.10. The van der Waals surface area contributed by atoms with Crippen LogP contribution in [0.1, 0.15) is 50.7 Å². The maximum atomic E-state index is 11.8. The summed E-state index contributed by atoms with van der Waals surface area (Å²) in [6.45, 7) is 6.58. The van der Waals surface area contributed by atoms with Crippen LogP contribution in [0.5, 0.6) is 0 Å². The van der Waals surface area contributed by atoms with Crippen molar-refractivity contribution in [1.82, 2.24) is 10.6 Å². The smallest absolute Gasteiger partial charge is 0.237 e. The number of nitrogens with one attached hydrogen (secondary N) is 2. The number of carbonyl (C=O) groups excluding carboxylic acids is 1. The molecule has 3 nitrogen and oxygen atoms in total. The van der Waals surface area contributed by atoms with Crippen LogP contribution in [0.15, 0.2) is 24.3 Å². The van der Waals surface area contributed by atoms with Crippen LogP contribution in [-0.4, -0.2) is 18.0 Å². The Morgan fingerprint density at radius 3 is 2.37 bits per heavy atom. The largest absolute Gasteiger partial charge is 0.353 e. The van der Waals surface area contributed by atoms with E-state index in [-0.39, 0.29) is 18.0 Å². The molecule has 0 heterocycles. The Bertz CT molecular complexity index is 421. The summed E-state index contributed by atoms with van der Waals surface area (Å²) in [6, 6.07) is 8.78. The van der Waals surface area contributed by atoms with Crippen LogP contribution in [0.25, 0.3) is 0 Å². The topological polar surface area (TPSA) is 41.1 Å². The molecule has 1 fully saturated rings. The van der Waals surface area contributed by atoms with Gasteiger partial charge in [0.15, 0.2) is 0 Å². The SMILES string of the molecule is CC(C)NC(=O)C(C)NCc1ccc(C2CC2)cc1. The summed E-state index contributed by atoms with van der Waals surface area (Å²) < 4.78 is 0. The van der Waals surface area contributed by atoms with Gasteiger partial charge in [-0.05, 0) is 50.7 Å². The van der Waals surface area contributed by atoms with Crippen molar-refractivity contribution in [2.45, 2.75) is 58.2 Å². The molecule has 0 aromatic heterocycles. The molecule has 0 radical (unpaired) electrons. The molecule has 2 N–H and O–H groups in total. The molecule has 1 aliphatic carbocycles. The molecule has 0 aliphatic heterocycles. The van der Waals surface area contributed by atoms with Crippen molar-refractivity contribution in [3.8, 4) is 0 Å². The lowest BCUT2D eigenvalue weighted by Gasteiger charge is -2.16. The van der Waals surface area contributed by atoms with E-state index in [1.165, 1.54) is 24.0 Å². The Morgan fingerprint density at radius 2 is 1.84 bits per heavy atom. The maximum Gasteiger partial charge on any atom is 0.237 e. The van der Waals surface area contributed by atoms with Gasteiger partial charge in [-0.25, -0.2) is 0 Å². The van der Waals surface area contributed by atoms with Gasteiger partial charge < -0.3 is 10.6 Å². The van der Waals surface area contributed by atoms with Crippen LogP contribution in [0.2, 0.25) is 0 Å². The lowest BCUT2D eigenvalue weighted by Crippen LogP contribution is -2.44. The molecule has 1 saturated carbocycles. The predicted molar refractivity (Wildman–Crippen MR) is 78.0 cm³/mol. The lowest BCUT2D eigenvalue weighted by atomic mass is 10.1. The highest BCUT2D eigenvalue weighted by atomic mass is 16.2. The molecule has 1 aromatic carbocycles. The van der Waals surface area contributed by atoms with Crippen LogP contribution in [0.3, 0.4) is 0 Å². The number of rotatable bonds is 6. The summed E-state index contributed by atoms with van der Waals surface area (Å²) in [6.07, 6.45) is 2.67. The average Bonchev–Trinajstić information content (AvgIpc) is 3.20. The zero-order valence-corrected chi connectivity index (χ0v) is 12.1. The zero-order valence-electron chi connectivity index (χ0n) is 12.1. The van der Waals surface area contributed by atoms with Gasteiger partial charge >= 0.3 is 0 Å². The van der Waals surface area contributed by atoms with Gasteiger partial charge in [0.1, 0.15) is 0 Å². The standard InChI is InChI=1S/C16H24N2O/c1-11(2)18-16(19)12(3)17-10-13-4-6-14(7-5-13)15-8-9-15/h4-7,11-12,15,17H,8-10H2,1-3H3,(H,18,19). The highest BCUT2D eigenvalue weighted by molar-refractivity contribution is 5.81. The quantitative estimate of drug-likeness (QED) is 0.825. The van der Waals surface area contributed by atoms with Crippen molar-refractivity contribution < 1.29 is 4.79 Å². The normalized spacial score (nSPS) is 16.4. The van der Waals surface area contributed by atoms with Crippen molar-refractivity contribution in [2.24, 2.45) is 0 Å². The van der Waals surface area contributed by atoms with Crippen LogP contribution in [-0.2, 0) is 11.3 Å². The summed E-state index contributed by atoms with van der Waals surface area (Å²) in [7, 11) is 0. The molecule has 1 unspecified atom stereocenters. The van der Waals surface area contributed by atoms with E-state index in [0.29, 0.717) is 0 Å². The van der Waals surface area contributed by atoms with Gasteiger partial charge in [-0.3, -0.25) is 4.79 Å². The molecular formula is C16H24N2O. The van der Waals surface area contributed by atoms with Gasteiger partial charge in [0.25, 0.3) is 0 Å². The van der Waals surface area contributed by atoms with Crippen molar-refractivity contribution in [1.29, 1.82) is 0 Å². The Kier molecular flexibility index (Phi) is 4.59. The van der Waals surface area contributed by atoms with E-state index in [4.69, 9.17) is 0 Å². The average molecular weight is 260 g/mol. The number of benzene rings is 1. The van der Waals surface area contributed by atoms with Gasteiger partial charge in [-0.2, -0.15) is 0 Å². The Hall–Kier alpha value is -1.35. The molecule has 0 spiro atoms. The van der Waals surface area contributed by atoms with E-state index in [1.807, 2.05) is 20.8 Å². The molecule has 1 aliphatic rings. The van der Waals surface area contributed by atoms with Crippen LogP contribution >= 0.6 is 0 Å². The number of hydrogen-bond acceptors (Lipinski definition) is 2. The summed E-state index contributed by atoms with van der Waals surface area (Å²) in [5, 5.41) is 6.17. The van der Waals surface area contributed by atoms with E-state index >= 15 is 0 Å². The highest BCUT2D eigenvalue weighted by Gasteiger charge is 2.22. The first kappa shape index (κ1) is 14.1. The van der Waals surface area contributed by atoms with Gasteiger partial charge in [0, 0.05) is 12.6 Å². The van der Waals surface area contributed by atoms with E-state index in [2.05, 4.69) is 34.9 Å². The van der Waals surface area contributed by atoms with Crippen LogP contribution in [0, 0.1) is 0 Å². The fraction of sp³-hybridized carbons (Fsp3) is 0.562. The van der Waals surface area contributed by atoms with E-state index in [1.54, 1.807) is 0 Å². The summed E-state index contributed by atoms with van der Waals surface area (Å²) in [4.78, 5) is 11.8. The second kappa shape index (κ2) is 6.20. The minimum Gasteiger partial charge on any atom is -0.353 e. The number of amides is 1. The summed E-state index contributed by atoms with van der Waals surface area (Å²) in [5.74, 6) is 0.863. The van der Waals surface area contributed by atoms with Gasteiger partial charge in [0.2, 0.25) is 5.91 Å². The van der Waals surface area contributed by atoms with Crippen molar-refractivity contribution in [2.75, 3.05) is 0 Å². The second-order valence-corrected chi connectivity index (χ2v) is 5.78. The van der Waals surface area contributed by atoms with Gasteiger partial charge in [0.05, 0.1) is 6.04 Å². The van der Waals surface area contributed by atoms with E-state index in [0.717, 1.165) is 12.5 Å². The van der Waals surface area contributed by atoms with Crippen LogP contribution in [0.4, 0.5) is 0 Å². The monoisotopic (exact) mass is 260 g/mol. The van der Waals surface area contributed by atoms with Gasteiger partial charge in [-0.15, -0.1) is 0 Å². The zero-order chi connectivity index (χ0) is 13.8. The molecule has 19 heavy (non-hydrogen) atoms. The second-order valence-electron chi connectivity index (χ2n) is 5.78. The predicted octanol–water partition coefficient (Wildman–Crippen LogP) is 2.57. The summed E-state index contributed by atoms with van der Waals surface area (Å²) >= 11 is 0. The highest BCUT2D eigenvalue weighted by Crippen LogP contribution is 2.39. The molecular weight excluding hydrogens is 236 g/mol. The van der Waals surface area contributed by atoms with Crippen molar-refractivity contribution in [3.05, 3.63) is 35.4 Å². The first-order valence-electron chi connectivity index (χ1n) is 7.19. The molecule has 1 aromatic rings. The Balaban J connectivity index is 1.79. The molecule has 104 valence electrons. The summed E-state index contributed by atoms with van der Waals surface area (Å²) in [5.41, 5.74) is 2.68. The first-order valence-corrected chi connectivity index (χ1v) is 7.19. The first-order chi connectivity index (χ1) is 9.06. The molecule has 2 rings (SSSR count). The Morgan fingerprint density at radius 1 is 1.21 bits per heavy atom. The third-order valence-electron chi connectivity index (χ3n) is 3.47.